The van der Waals surface area contributed by atoms with Crippen molar-refractivity contribution < 1.29 is 14.3 Å². The van der Waals surface area contributed by atoms with Crippen molar-refractivity contribution in [2.75, 3.05) is 25.7 Å². The molecule has 0 radical (unpaired) electrons. The Morgan fingerprint density at radius 1 is 0.969 bits per heavy atom. The minimum absolute atomic E-state index is 0.0190. The van der Waals surface area contributed by atoms with E-state index >= 15 is 0 Å². The molecule has 0 saturated carbocycles. The second-order valence-electron chi connectivity index (χ2n) is 7.97. The van der Waals surface area contributed by atoms with E-state index in [1.807, 2.05) is 54.6 Å². The van der Waals surface area contributed by atoms with Crippen LogP contribution in [-0.4, -0.2) is 36.2 Å². The van der Waals surface area contributed by atoms with Gasteiger partial charge >= 0.3 is 0 Å². The van der Waals surface area contributed by atoms with Gasteiger partial charge in [0.25, 0.3) is 0 Å². The van der Waals surface area contributed by atoms with Crippen LogP contribution in [0.2, 0.25) is 0 Å². The predicted molar refractivity (Wildman–Crippen MR) is 125 cm³/mol. The standard InChI is InChI=1S/C26H25N3O3/c1-31-20-12-13-24(32-2)23(15-20)28-17-19(14-25(28)30)26-27-21-10-6-7-11-22(21)29(26)16-18-8-4-3-5-9-18/h3-13,15,19H,14,16-17H2,1-2H3. The highest BCUT2D eigenvalue weighted by molar-refractivity contribution is 5.98. The molecule has 1 aliphatic heterocycles. The van der Waals surface area contributed by atoms with Gasteiger partial charge in [-0.15, -0.1) is 0 Å². The largest absolute Gasteiger partial charge is 0.497 e. The Morgan fingerprint density at radius 3 is 2.53 bits per heavy atom. The third-order valence-corrected chi connectivity index (χ3v) is 6.03. The highest BCUT2D eigenvalue weighted by Gasteiger charge is 2.36. The summed E-state index contributed by atoms with van der Waals surface area (Å²) in [4.78, 5) is 19.9. The zero-order valence-corrected chi connectivity index (χ0v) is 18.2. The van der Waals surface area contributed by atoms with E-state index in [9.17, 15) is 4.79 Å². The number of imidazole rings is 1. The number of benzene rings is 3. The molecule has 0 bridgehead atoms. The zero-order chi connectivity index (χ0) is 22.1. The van der Waals surface area contributed by atoms with Crippen molar-refractivity contribution in [3.63, 3.8) is 0 Å². The average Bonchev–Trinajstić information content (AvgIpc) is 3.40. The van der Waals surface area contributed by atoms with Crippen LogP contribution >= 0.6 is 0 Å². The van der Waals surface area contributed by atoms with E-state index in [4.69, 9.17) is 14.5 Å². The van der Waals surface area contributed by atoms with E-state index in [0.29, 0.717) is 31.0 Å². The van der Waals surface area contributed by atoms with Crippen LogP contribution < -0.4 is 14.4 Å². The molecule has 1 atom stereocenters. The SMILES string of the molecule is COc1ccc(OC)c(N2CC(c3nc4ccccc4n3Cc3ccccc3)CC2=O)c1. The molecule has 4 aromatic rings. The number of anilines is 1. The maximum Gasteiger partial charge on any atom is 0.227 e. The van der Waals surface area contributed by atoms with E-state index in [0.717, 1.165) is 22.5 Å². The lowest BCUT2D eigenvalue weighted by molar-refractivity contribution is -0.117. The molecule has 5 rings (SSSR count). The van der Waals surface area contributed by atoms with Gasteiger partial charge < -0.3 is 18.9 Å². The minimum Gasteiger partial charge on any atom is -0.497 e. The summed E-state index contributed by atoms with van der Waals surface area (Å²) in [6, 6.07) is 24.0. The Bertz CT molecular complexity index is 1270. The van der Waals surface area contributed by atoms with Gasteiger partial charge in [-0.25, -0.2) is 4.98 Å². The number of aromatic nitrogens is 2. The Balaban J connectivity index is 1.53. The summed E-state index contributed by atoms with van der Waals surface area (Å²) in [5.74, 6) is 2.31. The molecular weight excluding hydrogens is 402 g/mol. The maximum absolute atomic E-state index is 13.1. The van der Waals surface area contributed by atoms with Crippen molar-refractivity contribution in [1.29, 1.82) is 0 Å². The number of para-hydroxylation sites is 2. The predicted octanol–water partition coefficient (Wildman–Crippen LogP) is 4.62. The molecule has 1 fully saturated rings. The number of methoxy groups -OCH3 is 2. The third kappa shape index (κ3) is 3.58. The molecule has 32 heavy (non-hydrogen) atoms. The molecule has 1 amide bonds. The van der Waals surface area contributed by atoms with Gasteiger partial charge in [-0.2, -0.15) is 0 Å². The summed E-state index contributed by atoms with van der Waals surface area (Å²) in [5, 5.41) is 0. The lowest BCUT2D eigenvalue weighted by Gasteiger charge is -2.20. The fraction of sp³-hybridized carbons (Fsp3) is 0.231. The van der Waals surface area contributed by atoms with Crippen molar-refractivity contribution in [2.24, 2.45) is 0 Å². The number of rotatable bonds is 6. The molecular formula is C26H25N3O3. The van der Waals surface area contributed by atoms with Crippen molar-refractivity contribution in [3.8, 4) is 11.5 Å². The highest BCUT2D eigenvalue weighted by atomic mass is 16.5. The molecule has 2 heterocycles. The topological polar surface area (TPSA) is 56.6 Å². The van der Waals surface area contributed by atoms with E-state index in [2.05, 4.69) is 22.8 Å². The molecule has 0 N–H and O–H groups in total. The van der Waals surface area contributed by atoms with Crippen LogP contribution in [0, 0.1) is 0 Å². The van der Waals surface area contributed by atoms with Gasteiger partial charge in [-0.05, 0) is 29.8 Å². The average molecular weight is 428 g/mol. The number of carbonyl (C=O) groups is 1. The Kier molecular flexibility index (Phi) is 5.27. The molecule has 1 aromatic heterocycles. The number of carbonyl (C=O) groups excluding carboxylic acids is 1. The van der Waals surface area contributed by atoms with Gasteiger partial charge in [0.05, 0.1) is 30.9 Å². The normalized spacial score (nSPS) is 16.0. The minimum atomic E-state index is -0.0190. The van der Waals surface area contributed by atoms with Crippen LogP contribution in [0.5, 0.6) is 11.5 Å². The molecule has 6 nitrogen and oxygen atoms in total. The second-order valence-corrected chi connectivity index (χ2v) is 7.97. The van der Waals surface area contributed by atoms with Gasteiger partial charge in [0, 0.05) is 31.5 Å². The van der Waals surface area contributed by atoms with Crippen molar-refractivity contribution in [3.05, 3.63) is 84.2 Å². The van der Waals surface area contributed by atoms with Gasteiger partial charge in [0.1, 0.15) is 17.3 Å². The number of hydrogen-bond donors (Lipinski definition) is 0. The van der Waals surface area contributed by atoms with Crippen molar-refractivity contribution in [1.82, 2.24) is 9.55 Å². The number of ether oxygens (including phenoxy) is 2. The fourth-order valence-electron chi connectivity index (χ4n) is 4.46. The van der Waals surface area contributed by atoms with Crippen LogP contribution in [0.4, 0.5) is 5.69 Å². The summed E-state index contributed by atoms with van der Waals surface area (Å²) >= 11 is 0. The van der Waals surface area contributed by atoms with Gasteiger partial charge in [-0.1, -0.05) is 42.5 Å². The fourth-order valence-corrected chi connectivity index (χ4v) is 4.46. The highest BCUT2D eigenvalue weighted by Crippen LogP contribution is 2.39. The molecule has 1 aliphatic rings. The first kappa shape index (κ1) is 20.1. The number of nitrogens with zero attached hydrogens (tertiary/aromatic N) is 3. The molecule has 3 aromatic carbocycles. The summed E-state index contributed by atoms with van der Waals surface area (Å²) in [7, 11) is 3.23. The monoisotopic (exact) mass is 427 g/mol. The Labute approximate surface area is 187 Å². The first-order chi connectivity index (χ1) is 15.7. The first-order valence-electron chi connectivity index (χ1n) is 10.7. The van der Waals surface area contributed by atoms with Crippen LogP contribution in [0.3, 0.4) is 0 Å². The molecule has 0 aliphatic carbocycles. The Hall–Kier alpha value is -3.80. The van der Waals surface area contributed by atoms with Crippen LogP contribution in [0.1, 0.15) is 23.7 Å². The Morgan fingerprint density at radius 2 is 1.75 bits per heavy atom. The summed E-state index contributed by atoms with van der Waals surface area (Å²) in [5.41, 5.74) is 3.96. The molecule has 1 unspecified atom stereocenters. The summed E-state index contributed by atoms with van der Waals surface area (Å²) in [6.45, 7) is 1.25. The third-order valence-electron chi connectivity index (χ3n) is 6.03. The molecule has 1 saturated heterocycles. The van der Waals surface area contributed by atoms with Crippen molar-refractivity contribution >= 4 is 22.6 Å². The number of fused-ring (bicyclic) bond motifs is 1. The van der Waals surface area contributed by atoms with Gasteiger partial charge in [-0.3, -0.25) is 4.79 Å². The summed E-state index contributed by atoms with van der Waals surface area (Å²) < 4.78 is 13.1. The summed E-state index contributed by atoms with van der Waals surface area (Å²) in [6.07, 6.45) is 0.401. The lowest BCUT2D eigenvalue weighted by atomic mass is 10.1. The van der Waals surface area contributed by atoms with E-state index in [-0.39, 0.29) is 11.8 Å². The molecule has 0 spiro atoms. The first-order valence-corrected chi connectivity index (χ1v) is 10.7. The molecule has 162 valence electrons. The maximum atomic E-state index is 13.1. The number of amides is 1. The molecule has 6 heteroatoms. The van der Waals surface area contributed by atoms with E-state index in [1.54, 1.807) is 19.1 Å². The smallest absolute Gasteiger partial charge is 0.227 e. The number of hydrogen-bond acceptors (Lipinski definition) is 4. The van der Waals surface area contributed by atoms with Crippen LogP contribution in [0.25, 0.3) is 11.0 Å². The van der Waals surface area contributed by atoms with Gasteiger partial charge in [0.2, 0.25) is 5.91 Å². The van der Waals surface area contributed by atoms with E-state index < -0.39 is 0 Å². The zero-order valence-electron chi connectivity index (χ0n) is 18.2. The lowest BCUT2D eigenvalue weighted by Crippen LogP contribution is -2.25. The van der Waals surface area contributed by atoms with E-state index in [1.165, 1.54) is 5.56 Å². The van der Waals surface area contributed by atoms with Crippen molar-refractivity contribution in [2.45, 2.75) is 18.9 Å². The quantitative estimate of drug-likeness (QED) is 0.451. The van der Waals surface area contributed by atoms with Gasteiger partial charge in [0.15, 0.2) is 0 Å². The van der Waals surface area contributed by atoms with Crippen LogP contribution in [0.15, 0.2) is 72.8 Å². The van der Waals surface area contributed by atoms with Crippen LogP contribution in [-0.2, 0) is 11.3 Å². The second kappa shape index (κ2) is 8.38.